The zero-order chi connectivity index (χ0) is 14.5. The highest BCUT2D eigenvalue weighted by Crippen LogP contribution is 2.28. The Morgan fingerprint density at radius 3 is 2.70 bits per heavy atom. The van der Waals surface area contributed by atoms with Crippen molar-refractivity contribution >= 4 is 5.97 Å². The molecule has 2 rings (SSSR count). The number of nitrogens with zero attached hydrogens (tertiary/aromatic N) is 1. The number of carboxylic acids is 1. The van der Waals surface area contributed by atoms with Gasteiger partial charge in [0, 0.05) is 12.6 Å². The molecule has 0 bridgehead atoms. The second-order valence-electron chi connectivity index (χ2n) is 5.41. The van der Waals surface area contributed by atoms with E-state index in [0.717, 1.165) is 31.7 Å². The number of ether oxygens (including phenoxy) is 1. The Kier molecular flexibility index (Phi) is 5.01. The maximum Gasteiger partial charge on any atom is 0.307 e. The second kappa shape index (κ2) is 6.75. The molecule has 1 aliphatic rings. The van der Waals surface area contributed by atoms with Gasteiger partial charge in [0.15, 0.2) is 0 Å². The number of hydrogen-bond donors (Lipinski definition) is 1. The van der Waals surface area contributed by atoms with E-state index in [1.165, 1.54) is 5.56 Å². The molecular formula is C16H23NO3. The van der Waals surface area contributed by atoms with Gasteiger partial charge in [-0.3, -0.25) is 9.69 Å². The minimum atomic E-state index is -0.678. The summed E-state index contributed by atoms with van der Waals surface area (Å²) in [7, 11) is 0. The first-order valence-electron chi connectivity index (χ1n) is 7.31. The van der Waals surface area contributed by atoms with E-state index in [2.05, 4.69) is 30.9 Å². The summed E-state index contributed by atoms with van der Waals surface area (Å²) in [5.74, 6) is 0.000240. The standard InChI is InChI=1S/C16H23NO3/c1-3-10-20-15-6-4-13(5-7-15)12(2)17-9-8-14(11-17)16(18)19/h4-7,12,14H,3,8-11H2,1-2H3,(H,18,19). The SMILES string of the molecule is CCCOc1ccc(C(C)N2CCC(C(=O)O)C2)cc1. The maximum atomic E-state index is 11.0. The van der Waals surface area contributed by atoms with Crippen molar-refractivity contribution in [2.24, 2.45) is 5.92 Å². The van der Waals surface area contributed by atoms with Crippen LogP contribution in [-0.2, 0) is 4.79 Å². The van der Waals surface area contributed by atoms with Gasteiger partial charge in [-0.1, -0.05) is 19.1 Å². The maximum absolute atomic E-state index is 11.0. The van der Waals surface area contributed by atoms with E-state index in [4.69, 9.17) is 9.84 Å². The first-order chi connectivity index (χ1) is 9.61. The van der Waals surface area contributed by atoms with Crippen molar-refractivity contribution in [3.63, 3.8) is 0 Å². The molecule has 1 fully saturated rings. The predicted octanol–water partition coefficient (Wildman–Crippen LogP) is 2.94. The highest BCUT2D eigenvalue weighted by Gasteiger charge is 2.30. The van der Waals surface area contributed by atoms with Crippen molar-refractivity contribution in [1.29, 1.82) is 0 Å². The number of carboxylic acid groups (broad SMARTS) is 1. The van der Waals surface area contributed by atoms with E-state index in [-0.39, 0.29) is 12.0 Å². The Hall–Kier alpha value is -1.55. The molecule has 1 N–H and O–H groups in total. The van der Waals surface area contributed by atoms with Crippen molar-refractivity contribution in [2.45, 2.75) is 32.7 Å². The third-order valence-corrected chi connectivity index (χ3v) is 3.95. The fourth-order valence-electron chi connectivity index (χ4n) is 2.61. The number of aliphatic carboxylic acids is 1. The fraction of sp³-hybridized carbons (Fsp3) is 0.562. The smallest absolute Gasteiger partial charge is 0.307 e. The van der Waals surface area contributed by atoms with E-state index >= 15 is 0 Å². The molecule has 0 aliphatic carbocycles. The van der Waals surface area contributed by atoms with E-state index in [9.17, 15) is 4.79 Å². The van der Waals surface area contributed by atoms with Crippen LogP contribution in [0.15, 0.2) is 24.3 Å². The molecule has 0 radical (unpaired) electrons. The molecule has 2 unspecified atom stereocenters. The van der Waals surface area contributed by atoms with Crippen LogP contribution in [0.25, 0.3) is 0 Å². The molecular weight excluding hydrogens is 254 g/mol. The Morgan fingerprint density at radius 2 is 2.15 bits per heavy atom. The van der Waals surface area contributed by atoms with Crippen LogP contribution in [0.5, 0.6) is 5.75 Å². The molecule has 0 amide bonds. The summed E-state index contributed by atoms with van der Waals surface area (Å²) < 4.78 is 5.57. The molecule has 20 heavy (non-hydrogen) atoms. The molecule has 110 valence electrons. The third kappa shape index (κ3) is 3.51. The van der Waals surface area contributed by atoms with Gasteiger partial charge in [-0.2, -0.15) is 0 Å². The second-order valence-corrected chi connectivity index (χ2v) is 5.41. The molecule has 1 heterocycles. The minimum absolute atomic E-state index is 0.218. The molecule has 2 atom stereocenters. The molecule has 0 saturated carbocycles. The summed E-state index contributed by atoms with van der Waals surface area (Å²) in [6, 6.07) is 8.38. The Balaban J connectivity index is 1.95. The lowest BCUT2D eigenvalue weighted by atomic mass is 10.1. The van der Waals surface area contributed by atoms with Gasteiger partial charge in [0.2, 0.25) is 0 Å². The number of carbonyl (C=O) groups is 1. The normalized spacial score (nSPS) is 20.8. The lowest BCUT2D eigenvalue weighted by Crippen LogP contribution is -2.26. The van der Waals surface area contributed by atoms with Gasteiger partial charge in [0.1, 0.15) is 5.75 Å². The van der Waals surface area contributed by atoms with E-state index in [1.54, 1.807) is 0 Å². The summed E-state index contributed by atoms with van der Waals surface area (Å²) in [6.07, 6.45) is 1.75. The number of benzene rings is 1. The quantitative estimate of drug-likeness (QED) is 0.868. The van der Waals surface area contributed by atoms with Crippen LogP contribution in [0.3, 0.4) is 0 Å². The largest absolute Gasteiger partial charge is 0.494 e. The van der Waals surface area contributed by atoms with Crippen LogP contribution < -0.4 is 4.74 Å². The number of rotatable bonds is 6. The minimum Gasteiger partial charge on any atom is -0.494 e. The van der Waals surface area contributed by atoms with Crippen molar-refractivity contribution in [3.8, 4) is 5.75 Å². The Morgan fingerprint density at radius 1 is 1.45 bits per heavy atom. The summed E-state index contributed by atoms with van der Waals surface area (Å²) in [5.41, 5.74) is 1.21. The molecule has 4 heteroatoms. The Labute approximate surface area is 120 Å². The molecule has 1 saturated heterocycles. The molecule has 0 spiro atoms. The van der Waals surface area contributed by atoms with Gasteiger partial charge in [0.25, 0.3) is 0 Å². The van der Waals surface area contributed by atoms with Gasteiger partial charge in [-0.25, -0.2) is 0 Å². The first-order valence-corrected chi connectivity index (χ1v) is 7.31. The number of likely N-dealkylation sites (tertiary alicyclic amines) is 1. The predicted molar refractivity (Wildman–Crippen MR) is 78.0 cm³/mol. The van der Waals surface area contributed by atoms with Crippen molar-refractivity contribution in [3.05, 3.63) is 29.8 Å². The van der Waals surface area contributed by atoms with Crippen LogP contribution in [-0.4, -0.2) is 35.7 Å². The molecule has 1 aromatic carbocycles. The summed E-state index contributed by atoms with van der Waals surface area (Å²) >= 11 is 0. The average molecular weight is 277 g/mol. The van der Waals surface area contributed by atoms with Crippen molar-refractivity contribution in [1.82, 2.24) is 4.90 Å². The van der Waals surface area contributed by atoms with Gasteiger partial charge in [-0.05, 0) is 44.0 Å². The lowest BCUT2D eigenvalue weighted by molar-refractivity contribution is -0.141. The molecule has 1 aliphatic heterocycles. The van der Waals surface area contributed by atoms with Crippen molar-refractivity contribution in [2.75, 3.05) is 19.7 Å². The lowest BCUT2D eigenvalue weighted by Gasteiger charge is -2.24. The van der Waals surface area contributed by atoms with Crippen LogP contribution >= 0.6 is 0 Å². The van der Waals surface area contributed by atoms with Crippen LogP contribution in [0.2, 0.25) is 0 Å². The van der Waals surface area contributed by atoms with E-state index in [1.807, 2.05) is 12.1 Å². The summed E-state index contributed by atoms with van der Waals surface area (Å²) in [5, 5.41) is 9.06. The van der Waals surface area contributed by atoms with E-state index < -0.39 is 5.97 Å². The van der Waals surface area contributed by atoms with Crippen LogP contribution in [0.1, 0.15) is 38.3 Å². The van der Waals surface area contributed by atoms with Gasteiger partial charge < -0.3 is 9.84 Å². The highest BCUT2D eigenvalue weighted by molar-refractivity contribution is 5.70. The first kappa shape index (κ1) is 14.9. The van der Waals surface area contributed by atoms with Crippen LogP contribution in [0, 0.1) is 5.92 Å². The zero-order valence-corrected chi connectivity index (χ0v) is 12.2. The van der Waals surface area contributed by atoms with Crippen LogP contribution in [0.4, 0.5) is 0 Å². The highest BCUT2D eigenvalue weighted by atomic mass is 16.5. The van der Waals surface area contributed by atoms with E-state index in [0.29, 0.717) is 6.54 Å². The van der Waals surface area contributed by atoms with Gasteiger partial charge in [0.05, 0.1) is 12.5 Å². The van der Waals surface area contributed by atoms with Crippen molar-refractivity contribution < 1.29 is 14.6 Å². The Bertz CT molecular complexity index is 444. The number of hydrogen-bond acceptors (Lipinski definition) is 3. The van der Waals surface area contributed by atoms with Gasteiger partial charge in [-0.15, -0.1) is 0 Å². The summed E-state index contributed by atoms with van der Waals surface area (Å²) in [4.78, 5) is 13.2. The third-order valence-electron chi connectivity index (χ3n) is 3.95. The topological polar surface area (TPSA) is 49.8 Å². The molecule has 0 aromatic heterocycles. The average Bonchev–Trinajstić information content (AvgIpc) is 2.95. The molecule has 4 nitrogen and oxygen atoms in total. The molecule has 1 aromatic rings. The fourth-order valence-corrected chi connectivity index (χ4v) is 2.61. The summed E-state index contributed by atoms with van der Waals surface area (Å²) in [6.45, 7) is 6.45. The zero-order valence-electron chi connectivity index (χ0n) is 12.2. The monoisotopic (exact) mass is 277 g/mol. The van der Waals surface area contributed by atoms with Gasteiger partial charge >= 0.3 is 5.97 Å².